The zero-order chi connectivity index (χ0) is 24.0. The zero-order valence-corrected chi connectivity index (χ0v) is 18.8. The predicted octanol–water partition coefficient (Wildman–Crippen LogP) is 3.56. The van der Waals surface area contributed by atoms with Gasteiger partial charge < -0.3 is 5.11 Å². The first-order chi connectivity index (χ1) is 15.7. The second-order valence-electron chi connectivity index (χ2n) is 8.21. The van der Waals surface area contributed by atoms with Crippen molar-refractivity contribution in [3.05, 3.63) is 86.0 Å². The molecule has 0 unspecified atom stereocenters. The largest absolute Gasteiger partial charge is 0.388 e. The number of benzene rings is 2. The molecule has 1 N–H and O–H groups in total. The number of aromatic nitrogens is 4. The number of hydrogen-bond donors (Lipinski definition) is 1. The molecular formula is C24H24F2N4O3. The van der Waals surface area contributed by atoms with Crippen molar-refractivity contribution in [2.75, 3.05) is 0 Å². The monoisotopic (exact) mass is 454 g/mol. The van der Waals surface area contributed by atoms with Gasteiger partial charge in [-0.15, -0.1) is 5.10 Å². The molecule has 4 rings (SSSR count). The van der Waals surface area contributed by atoms with E-state index < -0.39 is 29.5 Å². The number of hydrogen-bond acceptors (Lipinski definition) is 4. The van der Waals surface area contributed by atoms with Gasteiger partial charge in [0.05, 0.1) is 11.1 Å². The highest BCUT2D eigenvalue weighted by molar-refractivity contribution is 5.87. The summed E-state index contributed by atoms with van der Waals surface area (Å²) in [6.07, 6.45) is 1.67. The number of halogens is 2. The van der Waals surface area contributed by atoms with E-state index in [1.807, 2.05) is 13.8 Å². The maximum Gasteiger partial charge on any atom is 0.350 e. The number of aliphatic hydroxyl groups excluding tert-OH is 1. The summed E-state index contributed by atoms with van der Waals surface area (Å²) in [4.78, 5) is 26.1. The van der Waals surface area contributed by atoms with Crippen LogP contribution < -0.4 is 11.2 Å². The molecule has 2 aromatic carbocycles. The minimum atomic E-state index is -0.796. The van der Waals surface area contributed by atoms with Crippen LogP contribution in [0.2, 0.25) is 0 Å². The molecule has 33 heavy (non-hydrogen) atoms. The highest BCUT2D eigenvalue weighted by Gasteiger charge is 2.20. The summed E-state index contributed by atoms with van der Waals surface area (Å²) in [6, 6.07) is 6.66. The molecule has 0 saturated carbocycles. The lowest BCUT2D eigenvalue weighted by molar-refractivity contribution is 0.264. The van der Waals surface area contributed by atoms with Crippen LogP contribution in [0.5, 0.6) is 0 Å². The van der Waals surface area contributed by atoms with Crippen LogP contribution in [-0.4, -0.2) is 24.0 Å². The van der Waals surface area contributed by atoms with Crippen molar-refractivity contribution in [2.45, 2.75) is 46.8 Å². The molecule has 0 aliphatic heterocycles. The molecule has 0 radical (unpaired) electrons. The highest BCUT2D eigenvalue weighted by Crippen LogP contribution is 2.28. The van der Waals surface area contributed by atoms with E-state index in [4.69, 9.17) is 0 Å². The van der Waals surface area contributed by atoms with Crippen LogP contribution in [0.4, 0.5) is 8.78 Å². The molecule has 0 saturated heterocycles. The minimum absolute atomic E-state index is 0.0451. The van der Waals surface area contributed by atoms with Crippen molar-refractivity contribution in [1.29, 1.82) is 0 Å². The van der Waals surface area contributed by atoms with E-state index in [-0.39, 0.29) is 29.4 Å². The first kappa shape index (κ1) is 22.6. The van der Waals surface area contributed by atoms with E-state index in [1.165, 1.54) is 33.4 Å². The van der Waals surface area contributed by atoms with E-state index in [0.717, 1.165) is 16.3 Å². The number of nitrogens with zero attached hydrogens (tertiary/aromatic N) is 4. The molecule has 2 heterocycles. The average molecular weight is 454 g/mol. The Morgan fingerprint density at radius 2 is 1.79 bits per heavy atom. The van der Waals surface area contributed by atoms with E-state index in [0.29, 0.717) is 16.6 Å². The van der Waals surface area contributed by atoms with Gasteiger partial charge in [-0.25, -0.2) is 13.6 Å². The van der Waals surface area contributed by atoms with Crippen molar-refractivity contribution in [3.63, 3.8) is 0 Å². The SMILES string of the molecule is CCn1c(CO)nn(-c2cc3c(C(C)C)cn(-c4ccc(F)cc4C)c(=O)c3cc2F)c1=O. The van der Waals surface area contributed by atoms with Crippen molar-refractivity contribution < 1.29 is 13.9 Å². The van der Waals surface area contributed by atoms with E-state index >= 15 is 4.39 Å². The first-order valence-electron chi connectivity index (χ1n) is 10.6. The predicted molar refractivity (Wildman–Crippen MR) is 121 cm³/mol. The van der Waals surface area contributed by atoms with E-state index in [2.05, 4.69) is 5.10 Å². The third-order valence-corrected chi connectivity index (χ3v) is 5.78. The summed E-state index contributed by atoms with van der Waals surface area (Å²) in [7, 11) is 0. The molecule has 7 nitrogen and oxygen atoms in total. The zero-order valence-electron chi connectivity index (χ0n) is 18.8. The van der Waals surface area contributed by atoms with Gasteiger partial charge in [-0.1, -0.05) is 13.8 Å². The molecule has 2 aromatic heterocycles. The Kier molecular flexibility index (Phi) is 5.75. The smallest absolute Gasteiger partial charge is 0.350 e. The molecule has 0 aliphatic rings. The van der Waals surface area contributed by atoms with Crippen molar-refractivity contribution >= 4 is 10.8 Å². The molecule has 0 fully saturated rings. The third-order valence-electron chi connectivity index (χ3n) is 5.78. The fourth-order valence-electron chi connectivity index (χ4n) is 4.09. The normalized spacial score (nSPS) is 11.6. The average Bonchev–Trinajstić information content (AvgIpc) is 3.09. The Morgan fingerprint density at radius 1 is 1.06 bits per heavy atom. The third kappa shape index (κ3) is 3.68. The Balaban J connectivity index is 2.05. The summed E-state index contributed by atoms with van der Waals surface area (Å²) >= 11 is 0. The van der Waals surface area contributed by atoms with Gasteiger partial charge in [0.1, 0.15) is 23.9 Å². The molecule has 172 valence electrons. The van der Waals surface area contributed by atoms with Crippen LogP contribution in [0.1, 0.15) is 43.6 Å². The van der Waals surface area contributed by atoms with Crippen LogP contribution >= 0.6 is 0 Å². The quantitative estimate of drug-likeness (QED) is 0.500. The van der Waals surface area contributed by atoms with Crippen LogP contribution in [0.25, 0.3) is 22.1 Å². The van der Waals surface area contributed by atoms with Gasteiger partial charge in [0, 0.05) is 12.7 Å². The topological polar surface area (TPSA) is 82.0 Å². The summed E-state index contributed by atoms with van der Waals surface area (Å²) in [5.74, 6) is -1.14. The van der Waals surface area contributed by atoms with Crippen LogP contribution in [0, 0.1) is 18.6 Å². The van der Waals surface area contributed by atoms with Crippen molar-refractivity contribution in [1.82, 2.24) is 18.9 Å². The van der Waals surface area contributed by atoms with Gasteiger partial charge in [0.2, 0.25) is 0 Å². The van der Waals surface area contributed by atoms with Gasteiger partial charge in [0.15, 0.2) is 5.82 Å². The molecule has 4 aromatic rings. The van der Waals surface area contributed by atoms with Crippen LogP contribution in [-0.2, 0) is 13.2 Å². The minimum Gasteiger partial charge on any atom is -0.388 e. The van der Waals surface area contributed by atoms with Gasteiger partial charge in [-0.2, -0.15) is 4.68 Å². The molecule has 0 bridgehead atoms. The highest BCUT2D eigenvalue weighted by atomic mass is 19.1. The van der Waals surface area contributed by atoms with Gasteiger partial charge >= 0.3 is 5.69 Å². The lowest BCUT2D eigenvalue weighted by Gasteiger charge is -2.17. The summed E-state index contributed by atoms with van der Waals surface area (Å²) < 4.78 is 32.4. The lowest BCUT2D eigenvalue weighted by Crippen LogP contribution is -2.25. The molecule has 0 atom stereocenters. The van der Waals surface area contributed by atoms with E-state index in [9.17, 15) is 19.1 Å². The summed E-state index contributed by atoms with van der Waals surface area (Å²) in [5, 5.41) is 14.2. The van der Waals surface area contributed by atoms with Gasteiger partial charge in [-0.05, 0) is 66.6 Å². The summed E-state index contributed by atoms with van der Waals surface area (Å²) in [6.45, 7) is 7.09. The van der Waals surface area contributed by atoms with Crippen LogP contribution in [0.15, 0.2) is 46.1 Å². The fraction of sp³-hybridized carbons (Fsp3) is 0.292. The second-order valence-corrected chi connectivity index (χ2v) is 8.21. The Hall–Kier alpha value is -3.59. The Bertz CT molecular complexity index is 1500. The number of rotatable bonds is 5. The maximum atomic E-state index is 15.2. The fourth-order valence-corrected chi connectivity index (χ4v) is 4.09. The van der Waals surface area contributed by atoms with Gasteiger partial charge in [-0.3, -0.25) is 13.9 Å². The van der Waals surface area contributed by atoms with E-state index in [1.54, 1.807) is 20.0 Å². The van der Waals surface area contributed by atoms with Crippen LogP contribution in [0.3, 0.4) is 0 Å². The Labute approximate surface area is 188 Å². The Morgan fingerprint density at radius 3 is 2.36 bits per heavy atom. The molecular weight excluding hydrogens is 430 g/mol. The molecule has 0 spiro atoms. The van der Waals surface area contributed by atoms with Crippen molar-refractivity contribution in [2.24, 2.45) is 0 Å². The number of aliphatic hydroxyl groups is 1. The lowest BCUT2D eigenvalue weighted by atomic mass is 9.97. The van der Waals surface area contributed by atoms with Crippen molar-refractivity contribution in [3.8, 4) is 11.4 Å². The molecule has 9 heteroatoms. The second kappa shape index (κ2) is 8.40. The number of fused-ring (bicyclic) bond motifs is 1. The van der Waals surface area contributed by atoms with Gasteiger partial charge in [0.25, 0.3) is 5.56 Å². The maximum absolute atomic E-state index is 15.2. The summed E-state index contributed by atoms with van der Waals surface area (Å²) in [5.41, 5.74) is 0.668. The standard InChI is InChI=1S/C24H24F2N4O3/c1-5-28-22(12-31)27-30(24(28)33)21-10-16-17(9-19(21)26)23(32)29(11-18(16)13(2)3)20-7-6-15(25)8-14(20)4/h6-11,13,31H,5,12H2,1-4H3. The molecule has 0 aliphatic carbocycles. The number of pyridine rings is 1. The number of aryl methyl sites for hydroxylation is 1. The first-order valence-corrected chi connectivity index (χ1v) is 10.6. The molecule has 0 amide bonds.